The fraction of sp³-hybridized carbons (Fsp3) is 0.143. The average molecular weight is 316 g/mol. The van der Waals surface area contributed by atoms with Gasteiger partial charge in [-0.3, -0.25) is 0 Å². The van der Waals surface area contributed by atoms with Crippen molar-refractivity contribution in [2.75, 3.05) is 6.61 Å². The Morgan fingerprint density at radius 2 is 2.18 bits per heavy atom. The molecule has 0 bridgehead atoms. The van der Waals surface area contributed by atoms with Gasteiger partial charge >= 0.3 is 5.97 Å². The molecule has 4 rings (SSSR count). The van der Waals surface area contributed by atoms with Gasteiger partial charge < -0.3 is 9.72 Å². The minimum atomic E-state index is -0.589. The first-order chi connectivity index (χ1) is 10.7. The molecule has 7 nitrogen and oxygen atoms in total. The van der Waals surface area contributed by atoms with Crippen LogP contribution in [0.5, 0.6) is 0 Å². The summed E-state index contributed by atoms with van der Waals surface area (Å²) >= 11 is 6.31. The number of para-hydroxylation sites is 1. The number of nitrogens with one attached hydrogen (secondary N) is 1. The Morgan fingerprint density at radius 1 is 1.36 bits per heavy atom. The molecular weight excluding hydrogens is 306 g/mol. The number of H-pyrrole nitrogens is 1. The van der Waals surface area contributed by atoms with Gasteiger partial charge in [0.25, 0.3) is 5.82 Å². The lowest BCUT2D eigenvalue weighted by Gasteiger charge is -2.01. The van der Waals surface area contributed by atoms with Gasteiger partial charge in [-0.1, -0.05) is 29.8 Å². The van der Waals surface area contributed by atoms with Crippen LogP contribution in [0.15, 0.2) is 24.3 Å². The van der Waals surface area contributed by atoms with Gasteiger partial charge in [0.05, 0.1) is 17.5 Å². The molecule has 8 heteroatoms. The number of benzene rings is 1. The van der Waals surface area contributed by atoms with Crippen LogP contribution in [-0.4, -0.2) is 37.4 Å². The lowest BCUT2D eigenvalue weighted by molar-refractivity contribution is 0.0509. The molecule has 0 aliphatic carbocycles. The van der Waals surface area contributed by atoms with Crippen LogP contribution in [0.2, 0.25) is 5.15 Å². The molecule has 0 aliphatic heterocycles. The summed E-state index contributed by atoms with van der Waals surface area (Å²) in [5.41, 5.74) is 2.03. The van der Waals surface area contributed by atoms with Crippen LogP contribution < -0.4 is 0 Å². The molecule has 0 radical (unpaired) electrons. The van der Waals surface area contributed by atoms with Crippen molar-refractivity contribution in [3.8, 4) is 0 Å². The lowest BCUT2D eigenvalue weighted by atomic mass is 10.2. The quantitative estimate of drug-likeness (QED) is 0.575. The van der Waals surface area contributed by atoms with Gasteiger partial charge in [-0.2, -0.15) is 9.61 Å². The van der Waals surface area contributed by atoms with E-state index in [2.05, 4.69) is 20.3 Å². The summed E-state index contributed by atoms with van der Waals surface area (Å²) in [6, 6.07) is 7.72. The molecule has 0 saturated heterocycles. The number of esters is 1. The summed E-state index contributed by atoms with van der Waals surface area (Å²) in [5.74, 6) is -0.590. The number of rotatable bonds is 2. The molecule has 0 aliphatic rings. The van der Waals surface area contributed by atoms with E-state index < -0.39 is 5.97 Å². The van der Waals surface area contributed by atoms with E-state index in [0.717, 1.165) is 16.3 Å². The second kappa shape index (κ2) is 4.67. The zero-order valence-electron chi connectivity index (χ0n) is 11.5. The van der Waals surface area contributed by atoms with Gasteiger partial charge in [0.15, 0.2) is 5.15 Å². The summed E-state index contributed by atoms with van der Waals surface area (Å²) in [6.07, 6.45) is 0. The predicted octanol–water partition coefficient (Wildman–Crippen LogP) is 2.59. The Bertz CT molecular complexity index is 1040. The van der Waals surface area contributed by atoms with Crippen molar-refractivity contribution in [3.63, 3.8) is 0 Å². The van der Waals surface area contributed by atoms with Gasteiger partial charge in [-0.15, -0.1) is 10.2 Å². The number of carbonyl (C=O) groups excluding carboxylic acids is 1. The minimum absolute atomic E-state index is 0.000642. The molecule has 3 aromatic heterocycles. The first-order valence-electron chi connectivity index (χ1n) is 6.69. The summed E-state index contributed by atoms with van der Waals surface area (Å²) in [6.45, 7) is 1.97. The first-order valence-corrected chi connectivity index (χ1v) is 7.07. The van der Waals surface area contributed by atoms with Crippen LogP contribution in [0.4, 0.5) is 0 Å². The van der Waals surface area contributed by atoms with Crippen molar-refractivity contribution in [1.82, 2.24) is 24.8 Å². The Morgan fingerprint density at radius 3 is 3.00 bits per heavy atom. The number of ether oxygens (including phenoxy) is 1. The van der Waals surface area contributed by atoms with Gasteiger partial charge in [0.2, 0.25) is 5.65 Å². The number of halogens is 1. The standard InChI is InChI=1S/C14H10ClN5O2/c1-2-22-14(21)13-18-17-12-10-9(11(15)19-20(12)13)7-5-3-4-6-8(7)16-10/h3-6,16H,2H2,1H3. The third kappa shape index (κ3) is 1.69. The zero-order valence-corrected chi connectivity index (χ0v) is 12.3. The fourth-order valence-electron chi connectivity index (χ4n) is 2.52. The van der Waals surface area contributed by atoms with Crippen molar-refractivity contribution in [2.24, 2.45) is 0 Å². The highest BCUT2D eigenvalue weighted by molar-refractivity contribution is 6.37. The number of fused-ring (bicyclic) bond motifs is 5. The molecule has 1 aromatic carbocycles. The largest absolute Gasteiger partial charge is 0.460 e. The molecule has 0 unspecified atom stereocenters. The monoisotopic (exact) mass is 315 g/mol. The van der Waals surface area contributed by atoms with Crippen LogP contribution in [0.25, 0.3) is 27.5 Å². The molecule has 3 heterocycles. The van der Waals surface area contributed by atoms with Gasteiger partial charge in [-0.25, -0.2) is 4.79 Å². The number of hydrogen-bond donors (Lipinski definition) is 1. The second-order valence-corrected chi connectivity index (χ2v) is 5.05. The van der Waals surface area contributed by atoms with E-state index in [0.29, 0.717) is 11.2 Å². The molecule has 0 saturated carbocycles. The van der Waals surface area contributed by atoms with Crippen molar-refractivity contribution >= 4 is 45.0 Å². The molecule has 22 heavy (non-hydrogen) atoms. The van der Waals surface area contributed by atoms with E-state index in [1.54, 1.807) is 6.92 Å². The SMILES string of the molecule is CCOC(=O)c1nnc2c3[nH]c4ccccc4c3c(Cl)nn12. The van der Waals surface area contributed by atoms with Crippen LogP contribution >= 0.6 is 11.6 Å². The van der Waals surface area contributed by atoms with Crippen LogP contribution in [0.1, 0.15) is 17.5 Å². The maximum absolute atomic E-state index is 11.9. The summed E-state index contributed by atoms with van der Waals surface area (Å²) < 4.78 is 6.25. The lowest BCUT2D eigenvalue weighted by Crippen LogP contribution is -2.11. The Labute approximate surface area is 128 Å². The van der Waals surface area contributed by atoms with E-state index in [4.69, 9.17) is 16.3 Å². The maximum Gasteiger partial charge on any atom is 0.378 e. The Hall–Kier alpha value is -2.67. The molecule has 0 amide bonds. The normalized spacial score (nSPS) is 11.5. The smallest absolute Gasteiger partial charge is 0.378 e. The number of nitrogens with zero attached hydrogens (tertiary/aromatic N) is 4. The summed E-state index contributed by atoms with van der Waals surface area (Å²) in [5, 5.41) is 14.1. The fourth-order valence-corrected chi connectivity index (χ4v) is 2.79. The van der Waals surface area contributed by atoms with Crippen LogP contribution in [-0.2, 0) is 4.74 Å². The van der Waals surface area contributed by atoms with Crippen molar-refractivity contribution in [3.05, 3.63) is 35.2 Å². The van der Waals surface area contributed by atoms with Crippen LogP contribution in [0, 0.1) is 0 Å². The third-order valence-electron chi connectivity index (χ3n) is 3.42. The predicted molar refractivity (Wildman–Crippen MR) is 81.1 cm³/mol. The summed E-state index contributed by atoms with van der Waals surface area (Å²) in [4.78, 5) is 15.1. The number of aromatic nitrogens is 5. The van der Waals surface area contributed by atoms with Gasteiger partial charge in [-0.05, 0) is 13.0 Å². The van der Waals surface area contributed by atoms with E-state index in [-0.39, 0.29) is 17.6 Å². The first kappa shape index (κ1) is 13.0. The van der Waals surface area contributed by atoms with E-state index in [1.807, 2.05) is 24.3 Å². The van der Waals surface area contributed by atoms with Gasteiger partial charge in [0.1, 0.15) is 0 Å². The van der Waals surface area contributed by atoms with Crippen molar-refractivity contribution in [2.45, 2.75) is 6.92 Å². The number of aromatic amines is 1. The van der Waals surface area contributed by atoms with Crippen LogP contribution in [0.3, 0.4) is 0 Å². The third-order valence-corrected chi connectivity index (χ3v) is 3.69. The molecule has 0 fully saturated rings. The maximum atomic E-state index is 11.9. The number of hydrogen-bond acceptors (Lipinski definition) is 5. The zero-order chi connectivity index (χ0) is 15.3. The van der Waals surface area contributed by atoms with Crippen molar-refractivity contribution in [1.29, 1.82) is 0 Å². The van der Waals surface area contributed by atoms with Gasteiger partial charge in [0, 0.05) is 10.9 Å². The summed E-state index contributed by atoms with van der Waals surface area (Å²) in [7, 11) is 0. The highest BCUT2D eigenvalue weighted by Gasteiger charge is 2.21. The van der Waals surface area contributed by atoms with E-state index in [1.165, 1.54) is 4.52 Å². The van der Waals surface area contributed by atoms with E-state index in [9.17, 15) is 4.79 Å². The molecule has 110 valence electrons. The molecular formula is C14H10ClN5O2. The highest BCUT2D eigenvalue weighted by Crippen LogP contribution is 2.31. The molecule has 4 aromatic rings. The highest BCUT2D eigenvalue weighted by atomic mass is 35.5. The minimum Gasteiger partial charge on any atom is -0.460 e. The molecule has 0 spiro atoms. The second-order valence-electron chi connectivity index (χ2n) is 4.69. The molecule has 0 atom stereocenters. The Balaban J connectivity index is 2.10. The number of carbonyl (C=O) groups is 1. The average Bonchev–Trinajstić information content (AvgIpc) is 3.08. The molecule has 1 N–H and O–H groups in total. The topological polar surface area (TPSA) is 85.2 Å². The van der Waals surface area contributed by atoms with Crippen molar-refractivity contribution < 1.29 is 9.53 Å². The Kier molecular flexibility index (Phi) is 2.77. The van der Waals surface area contributed by atoms with E-state index >= 15 is 0 Å².